The number of carbonyl (C=O) groups is 1. The van der Waals surface area contributed by atoms with Crippen LogP contribution in [0, 0.1) is 5.92 Å². The van der Waals surface area contributed by atoms with E-state index in [1.165, 1.54) is 11.4 Å². The summed E-state index contributed by atoms with van der Waals surface area (Å²) in [6.45, 7) is 12.5. The van der Waals surface area contributed by atoms with Gasteiger partial charge in [0.2, 0.25) is 0 Å². The van der Waals surface area contributed by atoms with Gasteiger partial charge in [-0.25, -0.2) is 0 Å². The highest BCUT2D eigenvalue weighted by atomic mass is 32.2. The molecule has 0 rings (SSSR count). The maximum Gasteiger partial charge on any atom is 0.325 e. The second kappa shape index (κ2) is 7.56. The van der Waals surface area contributed by atoms with Crippen molar-refractivity contribution < 1.29 is 17.9 Å². The monoisotopic (exact) mass is 322 g/mol. The van der Waals surface area contributed by atoms with Crippen molar-refractivity contribution in [2.24, 2.45) is 5.92 Å². The van der Waals surface area contributed by atoms with Crippen LogP contribution in [-0.4, -0.2) is 43.4 Å². The third-order valence-corrected chi connectivity index (χ3v) is 4.99. The highest BCUT2D eigenvalue weighted by molar-refractivity contribution is 7.87. The minimum atomic E-state index is -3.73. The Bertz CT molecular complexity index is 440. The first-order chi connectivity index (χ1) is 9.31. The van der Waals surface area contributed by atoms with E-state index in [2.05, 4.69) is 4.72 Å². The fourth-order valence-corrected chi connectivity index (χ4v) is 2.89. The Kier molecular flexibility index (Phi) is 7.32. The summed E-state index contributed by atoms with van der Waals surface area (Å²) in [5.74, 6) is -0.701. The molecule has 0 saturated heterocycles. The highest BCUT2D eigenvalue weighted by Crippen LogP contribution is 2.16. The van der Waals surface area contributed by atoms with Crippen LogP contribution >= 0.6 is 0 Å². The smallest absolute Gasteiger partial charge is 0.325 e. The predicted octanol–water partition coefficient (Wildman–Crippen LogP) is 1.92. The fraction of sp³-hybridized carbons (Fsp3) is 0.929. The number of ether oxygens (including phenoxy) is 1. The zero-order valence-corrected chi connectivity index (χ0v) is 15.2. The molecular weight excluding hydrogens is 292 g/mol. The van der Waals surface area contributed by atoms with Crippen LogP contribution in [0.5, 0.6) is 0 Å². The molecule has 0 bridgehead atoms. The van der Waals surface area contributed by atoms with Crippen molar-refractivity contribution in [3.8, 4) is 0 Å². The number of hydrogen-bond donors (Lipinski definition) is 1. The molecule has 0 aliphatic heterocycles. The van der Waals surface area contributed by atoms with Gasteiger partial charge < -0.3 is 4.74 Å². The van der Waals surface area contributed by atoms with Gasteiger partial charge >= 0.3 is 5.97 Å². The van der Waals surface area contributed by atoms with Crippen molar-refractivity contribution in [3.63, 3.8) is 0 Å². The summed E-state index contributed by atoms with van der Waals surface area (Å²) in [7, 11) is -2.25. The topological polar surface area (TPSA) is 75.7 Å². The van der Waals surface area contributed by atoms with Gasteiger partial charge in [0.15, 0.2) is 0 Å². The van der Waals surface area contributed by atoms with Crippen LogP contribution < -0.4 is 4.72 Å². The van der Waals surface area contributed by atoms with Crippen molar-refractivity contribution in [1.82, 2.24) is 9.03 Å². The van der Waals surface area contributed by atoms with Gasteiger partial charge in [-0.15, -0.1) is 0 Å². The number of esters is 1. The molecule has 0 saturated carbocycles. The van der Waals surface area contributed by atoms with E-state index in [0.29, 0.717) is 6.42 Å². The number of rotatable bonds is 7. The summed E-state index contributed by atoms with van der Waals surface area (Å²) in [5.41, 5.74) is -0.655. The molecule has 0 aliphatic rings. The van der Waals surface area contributed by atoms with E-state index in [4.69, 9.17) is 4.74 Å². The van der Waals surface area contributed by atoms with E-state index in [-0.39, 0.29) is 12.0 Å². The van der Waals surface area contributed by atoms with E-state index < -0.39 is 27.8 Å². The molecule has 0 spiro atoms. The van der Waals surface area contributed by atoms with E-state index in [1.54, 1.807) is 34.6 Å². The molecule has 0 aromatic carbocycles. The Balaban J connectivity index is 5.24. The third kappa shape index (κ3) is 6.76. The summed E-state index contributed by atoms with van der Waals surface area (Å²) in [6, 6.07) is -1.08. The third-order valence-electron chi connectivity index (χ3n) is 3.26. The largest absolute Gasteiger partial charge is 0.459 e. The molecule has 1 N–H and O–H groups in total. The predicted molar refractivity (Wildman–Crippen MR) is 84.0 cm³/mol. The first-order valence-corrected chi connectivity index (χ1v) is 8.74. The summed E-state index contributed by atoms with van der Waals surface area (Å²) < 4.78 is 33.6. The molecule has 126 valence electrons. The Morgan fingerprint density at radius 1 is 1.24 bits per heavy atom. The molecule has 21 heavy (non-hydrogen) atoms. The zero-order valence-electron chi connectivity index (χ0n) is 14.4. The second-order valence-corrected chi connectivity index (χ2v) is 8.39. The van der Waals surface area contributed by atoms with E-state index in [0.717, 1.165) is 0 Å². The maximum atomic E-state index is 12.3. The molecular formula is C14H30N2O4S. The van der Waals surface area contributed by atoms with Gasteiger partial charge in [0.05, 0.1) is 0 Å². The zero-order chi connectivity index (χ0) is 17.0. The van der Waals surface area contributed by atoms with E-state index in [9.17, 15) is 13.2 Å². The van der Waals surface area contributed by atoms with Crippen LogP contribution in [0.15, 0.2) is 0 Å². The summed E-state index contributed by atoms with van der Waals surface area (Å²) in [4.78, 5) is 12.3. The van der Waals surface area contributed by atoms with Gasteiger partial charge in [-0.3, -0.25) is 4.79 Å². The quantitative estimate of drug-likeness (QED) is 0.727. The van der Waals surface area contributed by atoms with Crippen LogP contribution in [0.1, 0.15) is 54.9 Å². The Hall–Kier alpha value is -0.660. The lowest BCUT2D eigenvalue weighted by molar-refractivity contribution is -0.158. The molecule has 0 unspecified atom stereocenters. The first kappa shape index (κ1) is 20.3. The second-order valence-electron chi connectivity index (χ2n) is 6.63. The van der Waals surface area contributed by atoms with Crippen molar-refractivity contribution in [1.29, 1.82) is 0 Å². The van der Waals surface area contributed by atoms with E-state index >= 15 is 0 Å². The van der Waals surface area contributed by atoms with Gasteiger partial charge in [-0.1, -0.05) is 20.3 Å². The summed E-state index contributed by atoms with van der Waals surface area (Å²) >= 11 is 0. The highest BCUT2D eigenvalue weighted by Gasteiger charge is 2.34. The average Bonchev–Trinajstić information content (AvgIpc) is 2.31. The van der Waals surface area contributed by atoms with Gasteiger partial charge in [-0.2, -0.15) is 17.4 Å². The SMILES string of the molecule is CC[C@H](C)[C@H](NS(=O)(=O)N(C)C(C)C)C(=O)OC(C)(C)C. The van der Waals surface area contributed by atoms with Crippen LogP contribution in [-0.2, 0) is 19.7 Å². The van der Waals surface area contributed by atoms with Gasteiger partial charge in [0.25, 0.3) is 10.2 Å². The minimum Gasteiger partial charge on any atom is -0.459 e. The fourth-order valence-electron chi connectivity index (χ4n) is 1.52. The lowest BCUT2D eigenvalue weighted by atomic mass is 10.00. The van der Waals surface area contributed by atoms with Gasteiger partial charge in [0, 0.05) is 13.1 Å². The van der Waals surface area contributed by atoms with Crippen LogP contribution in [0.4, 0.5) is 0 Å². The van der Waals surface area contributed by atoms with Crippen molar-refractivity contribution in [2.75, 3.05) is 7.05 Å². The number of nitrogens with zero attached hydrogens (tertiary/aromatic N) is 1. The molecule has 0 fully saturated rings. The number of nitrogens with one attached hydrogen (secondary N) is 1. The molecule has 2 atom stereocenters. The summed E-state index contributed by atoms with van der Waals surface area (Å²) in [6.07, 6.45) is 0.665. The number of hydrogen-bond acceptors (Lipinski definition) is 4. The molecule has 0 amide bonds. The lowest BCUT2D eigenvalue weighted by Gasteiger charge is -2.29. The van der Waals surface area contributed by atoms with Gasteiger partial charge in [0.1, 0.15) is 11.6 Å². The molecule has 0 aliphatic carbocycles. The van der Waals surface area contributed by atoms with Crippen molar-refractivity contribution in [3.05, 3.63) is 0 Å². The molecule has 0 aromatic heterocycles. The summed E-state index contributed by atoms with van der Waals surface area (Å²) in [5, 5.41) is 0. The normalized spacial score (nSPS) is 16.1. The van der Waals surface area contributed by atoms with Crippen molar-refractivity contribution >= 4 is 16.2 Å². The molecule has 7 heteroatoms. The maximum absolute atomic E-state index is 12.3. The van der Waals surface area contributed by atoms with Crippen LogP contribution in [0.2, 0.25) is 0 Å². The minimum absolute atomic E-state index is 0.157. The van der Waals surface area contributed by atoms with Crippen LogP contribution in [0.25, 0.3) is 0 Å². The number of carbonyl (C=O) groups excluding carboxylic acids is 1. The molecule has 0 radical (unpaired) electrons. The average molecular weight is 322 g/mol. The molecule has 0 aromatic rings. The molecule has 6 nitrogen and oxygen atoms in total. The molecule has 0 heterocycles. The Morgan fingerprint density at radius 2 is 1.71 bits per heavy atom. The lowest BCUT2D eigenvalue weighted by Crippen LogP contribution is -2.52. The Labute approximate surface area is 129 Å². The van der Waals surface area contributed by atoms with E-state index in [1.807, 2.05) is 13.8 Å². The first-order valence-electron chi connectivity index (χ1n) is 7.30. The van der Waals surface area contributed by atoms with Gasteiger partial charge in [-0.05, 0) is 40.5 Å². The standard InChI is InChI=1S/C14H30N2O4S/c1-9-11(4)12(13(17)20-14(5,6)7)15-21(18,19)16(8)10(2)3/h10-12,15H,9H2,1-8H3/t11-,12-/m0/s1. The Morgan fingerprint density at radius 3 is 2.05 bits per heavy atom. The van der Waals surface area contributed by atoms with Crippen molar-refractivity contribution in [2.45, 2.75) is 72.6 Å². The van der Waals surface area contributed by atoms with Crippen LogP contribution in [0.3, 0.4) is 0 Å².